The van der Waals surface area contributed by atoms with Crippen LogP contribution in [0.1, 0.15) is 99.3 Å². The average molecular weight is 435 g/mol. The number of rotatable bonds is 3. The third-order valence-corrected chi connectivity index (χ3v) is 10.9. The first-order chi connectivity index (χ1) is 14.4. The molecular formula is C26H42O5. The van der Waals surface area contributed by atoms with Gasteiger partial charge in [0.1, 0.15) is 17.8 Å². The summed E-state index contributed by atoms with van der Waals surface area (Å²) >= 11 is 0. The second-order valence-electron chi connectivity index (χ2n) is 12.0. The van der Waals surface area contributed by atoms with Gasteiger partial charge in [-0.15, -0.1) is 0 Å². The molecule has 0 aromatic carbocycles. The Labute approximate surface area is 187 Å². The molecule has 0 aromatic heterocycles. The third-order valence-electron chi connectivity index (χ3n) is 10.9. The Balaban J connectivity index is 1.58. The normalized spacial score (nSPS) is 49.9. The Morgan fingerprint density at radius 1 is 0.871 bits per heavy atom. The highest BCUT2D eigenvalue weighted by atomic mass is 16.6. The lowest BCUT2D eigenvalue weighted by Crippen LogP contribution is -2.61. The fourth-order valence-corrected chi connectivity index (χ4v) is 8.99. The number of fused-ring (bicyclic) bond motifs is 5. The predicted molar refractivity (Wildman–Crippen MR) is 118 cm³/mol. The molecule has 1 N–H and O–H groups in total. The Hall–Kier alpha value is -1.10. The highest BCUT2D eigenvalue weighted by Gasteiger charge is 2.68. The molecule has 0 saturated heterocycles. The summed E-state index contributed by atoms with van der Waals surface area (Å²) in [5.74, 6) is 1.26. The smallest absolute Gasteiger partial charge is 0.302 e. The zero-order chi connectivity index (χ0) is 22.8. The fourth-order valence-electron chi connectivity index (χ4n) is 8.99. The monoisotopic (exact) mass is 434 g/mol. The van der Waals surface area contributed by atoms with Gasteiger partial charge in [0, 0.05) is 19.3 Å². The quantitative estimate of drug-likeness (QED) is 0.631. The molecule has 4 rings (SSSR count). The molecule has 0 unspecified atom stereocenters. The molecule has 0 radical (unpaired) electrons. The van der Waals surface area contributed by atoms with E-state index in [9.17, 15) is 14.7 Å². The number of carbonyl (C=O) groups excluding carboxylic acids is 2. The molecule has 0 amide bonds. The highest BCUT2D eigenvalue weighted by molar-refractivity contribution is 5.66. The molecule has 4 aliphatic rings. The molecule has 0 bridgehead atoms. The second-order valence-corrected chi connectivity index (χ2v) is 12.0. The number of hydrogen-bond acceptors (Lipinski definition) is 5. The molecule has 9 atom stereocenters. The minimum absolute atomic E-state index is 0.0575. The highest BCUT2D eigenvalue weighted by Crippen LogP contribution is 2.71. The summed E-state index contributed by atoms with van der Waals surface area (Å²) in [4.78, 5) is 23.2. The van der Waals surface area contributed by atoms with E-state index in [2.05, 4.69) is 20.8 Å². The van der Waals surface area contributed by atoms with Crippen LogP contribution in [0.4, 0.5) is 0 Å². The number of carbonyl (C=O) groups is 2. The van der Waals surface area contributed by atoms with Gasteiger partial charge >= 0.3 is 11.9 Å². The standard InChI is InChI=1S/C26H42O5/c1-16(30-17(2)27)26(29)14-10-22-20-8-11-23(4)15-19(31-18(3)28)7-12-24(23,5)21(20)9-13-25(22,26)6/h16,19-22,29H,7-15H2,1-6H3/t16-,19-,20-,21+,22-,23-,24-,25-,26+/m1/s1. The summed E-state index contributed by atoms with van der Waals surface area (Å²) in [6, 6.07) is 0. The molecule has 0 heterocycles. The SMILES string of the molecule is CC(=O)O[C@@H]1CC[C@]2(C)[C@H]3CC[C@]4(C)[C@H](CC[C@]4(O)[C@@H](C)OC(C)=O)[C@@H]3CC[C@]2(C)C1. The van der Waals surface area contributed by atoms with Gasteiger partial charge in [0.15, 0.2) is 0 Å². The third kappa shape index (κ3) is 3.28. The maximum atomic E-state index is 11.8. The summed E-state index contributed by atoms with van der Waals surface area (Å²) in [7, 11) is 0. The van der Waals surface area contributed by atoms with Crippen molar-refractivity contribution in [2.45, 2.75) is 117 Å². The van der Waals surface area contributed by atoms with Gasteiger partial charge in [-0.3, -0.25) is 9.59 Å². The van der Waals surface area contributed by atoms with Crippen molar-refractivity contribution in [1.82, 2.24) is 0 Å². The van der Waals surface area contributed by atoms with Crippen molar-refractivity contribution >= 4 is 11.9 Å². The largest absolute Gasteiger partial charge is 0.463 e. The summed E-state index contributed by atoms with van der Waals surface area (Å²) in [6.45, 7) is 12.0. The van der Waals surface area contributed by atoms with Crippen LogP contribution in [0.25, 0.3) is 0 Å². The van der Waals surface area contributed by atoms with E-state index in [1.165, 1.54) is 20.3 Å². The lowest BCUT2D eigenvalue weighted by atomic mass is 9.40. The van der Waals surface area contributed by atoms with Crippen molar-refractivity contribution in [2.75, 3.05) is 0 Å². The van der Waals surface area contributed by atoms with Crippen molar-refractivity contribution < 1.29 is 24.2 Å². The second kappa shape index (κ2) is 7.46. The minimum Gasteiger partial charge on any atom is -0.463 e. The zero-order valence-corrected chi connectivity index (χ0v) is 20.3. The van der Waals surface area contributed by atoms with Crippen LogP contribution in [0, 0.1) is 34.0 Å². The molecule has 4 fully saturated rings. The maximum Gasteiger partial charge on any atom is 0.302 e. The van der Waals surface area contributed by atoms with Gasteiger partial charge in [-0.1, -0.05) is 20.8 Å². The van der Waals surface area contributed by atoms with Gasteiger partial charge in [-0.2, -0.15) is 0 Å². The zero-order valence-electron chi connectivity index (χ0n) is 20.3. The summed E-state index contributed by atoms with van der Waals surface area (Å²) < 4.78 is 11.2. The van der Waals surface area contributed by atoms with E-state index in [1.54, 1.807) is 0 Å². The van der Waals surface area contributed by atoms with Gasteiger partial charge in [-0.25, -0.2) is 0 Å². The predicted octanol–water partition coefficient (Wildman–Crippen LogP) is 5.03. The molecule has 0 spiro atoms. The molecule has 5 heteroatoms. The first kappa shape index (κ1) is 23.1. The fraction of sp³-hybridized carbons (Fsp3) is 0.923. The van der Waals surface area contributed by atoms with Crippen LogP contribution < -0.4 is 0 Å². The Morgan fingerprint density at radius 2 is 1.48 bits per heavy atom. The molecule has 176 valence electrons. The first-order valence-electron chi connectivity index (χ1n) is 12.4. The molecule has 4 saturated carbocycles. The van der Waals surface area contributed by atoms with E-state index in [4.69, 9.17) is 9.47 Å². The van der Waals surface area contributed by atoms with Crippen LogP contribution in [-0.4, -0.2) is 34.9 Å². The van der Waals surface area contributed by atoms with Crippen LogP contribution in [0.3, 0.4) is 0 Å². The van der Waals surface area contributed by atoms with Gasteiger partial charge in [0.25, 0.3) is 0 Å². The van der Waals surface area contributed by atoms with Crippen molar-refractivity contribution in [1.29, 1.82) is 0 Å². The van der Waals surface area contributed by atoms with Gasteiger partial charge in [0.05, 0.1) is 0 Å². The Morgan fingerprint density at radius 3 is 2.13 bits per heavy atom. The summed E-state index contributed by atoms with van der Waals surface area (Å²) in [5, 5.41) is 11.8. The molecule has 4 aliphatic carbocycles. The number of esters is 2. The Kier molecular flexibility index (Phi) is 5.55. The van der Waals surface area contributed by atoms with Crippen LogP contribution in [0.5, 0.6) is 0 Å². The van der Waals surface area contributed by atoms with E-state index in [-0.39, 0.29) is 34.3 Å². The van der Waals surface area contributed by atoms with Crippen molar-refractivity contribution in [3.05, 3.63) is 0 Å². The number of aliphatic hydroxyl groups is 1. The van der Waals surface area contributed by atoms with E-state index in [1.807, 2.05) is 6.92 Å². The van der Waals surface area contributed by atoms with Crippen LogP contribution in [-0.2, 0) is 19.1 Å². The molecular weight excluding hydrogens is 392 g/mol. The van der Waals surface area contributed by atoms with Crippen LogP contribution >= 0.6 is 0 Å². The van der Waals surface area contributed by atoms with Crippen molar-refractivity contribution in [3.63, 3.8) is 0 Å². The lowest BCUT2D eigenvalue weighted by molar-refractivity contribution is -0.212. The lowest BCUT2D eigenvalue weighted by Gasteiger charge is -2.65. The number of ether oxygens (including phenoxy) is 2. The Bertz CT molecular complexity index is 750. The maximum absolute atomic E-state index is 11.8. The number of hydrogen-bond donors (Lipinski definition) is 1. The molecule has 31 heavy (non-hydrogen) atoms. The summed E-state index contributed by atoms with van der Waals surface area (Å²) in [5.41, 5.74) is -0.707. The molecule has 0 aliphatic heterocycles. The van der Waals surface area contributed by atoms with E-state index < -0.39 is 11.7 Å². The topological polar surface area (TPSA) is 72.8 Å². The van der Waals surface area contributed by atoms with Crippen LogP contribution in [0.15, 0.2) is 0 Å². The van der Waals surface area contributed by atoms with E-state index >= 15 is 0 Å². The van der Waals surface area contributed by atoms with Gasteiger partial charge < -0.3 is 14.6 Å². The summed E-state index contributed by atoms with van der Waals surface area (Å²) in [6.07, 6.45) is 8.82. The van der Waals surface area contributed by atoms with Crippen molar-refractivity contribution in [2.24, 2.45) is 34.0 Å². The van der Waals surface area contributed by atoms with E-state index in [0.29, 0.717) is 24.2 Å². The van der Waals surface area contributed by atoms with Crippen molar-refractivity contribution in [3.8, 4) is 0 Å². The van der Waals surface area contributed by atoms with Gasteiger partial charge in [0.2, 0.25) is 0 Å². The average Bonchev–Trinajstić information content (AvgIpc) is 2.94. The van der Waals surface area contributed by atoms with Gasteiger partial charge in [-0.05, 0) is 93.3 Å². The molecule has 5 nitrogen and oxygen atoms in total. The van der Waals surface area contributed by atoms with Crippen LogP contribution in [0.2, 0.25) is 0 Å². The minimum atomic E-state index is -0.942. The molecule has 0 aromatic rings. The van der Waals surface area contributed by atoms with E-state index in [0.717, 1.165) is 44.9 Å². The first-order valence-corrected chi connectivity index (χ1v) is 12.4.